The molecule has 0 amide bonds. The van der Waals surface area contributed by atoms with Gasteiger partial charge in [0, 0.05) is 24.7 Å². The van der Waals surface area contributed by atoms with Gasteiger partial charge in [0.25, 0.3) is 0 Å². The molecule has 3 rings (SSSR count). The van der Waals surface area contributed by atoms with Crippen molar-refractivity contribution in [1.82, 2.24) is 19.7 Å². The lowest BCUT2D eigenvalue weighted by atomic mass is 10.1. The molecule has 0 saturated heterocycles. The van der Waals surface area contributed by atoms with Crippen molar-refractivity contribution in [3.05, 3.63) is 23.7 Å². The number of rotatable bonds is 2. The van der Waals surface area contributed by atoms with Gasteiger partial charge in [-0.15, -0.1) is 0 Å². The third-order valence-electron chi connectivity index (χ3n) is 3.21. The lowest BCUT2D eigenvalue weighted by Gasteiger charge is -2.09. The van der Waals surface area contributed by atoms with Crippen molar-refractivity contribution < 1.29 is 0 Å². The maximum absolute atomic E-state index is 5.96. The van der Waals surface area contributed by atoms with Crippen LogP contribution in [0, 0.1) is 6.92 Å². The van der Waals surface area contributed by atoms with E-state index in [1.165, 1.54) is 12.8 Å². The molecule has 88 valence electrons. The minimum Gasteiger partial charge on any atom is -0.383 e. The van der Waals surface area contributed by atoms with Gasteiger partial charge in [0.05, 0.1) is 11.4 Å². The Morgan fingerprint density at radius 1 is 1.35 bits per heavy atom. The number of nitrogen functional groups attached to an aromatic ring is 1. The fourth-order valence-corrected chi connectivity index (χ4v) is 1.93. The normalized spacial score (nSPS) is 15.2. The summed E-state index contributed by atoms with van der Waals surface area (Å²) in [7, 11) is 1.91. The number of hydrogen-bond donors (Lipinski definition) is 1. The second-order valence-electron chi connectivity index (χ2n) is 4.55. The van der Waals surface area contributed by atoms with Crippen LogP contribution in [0.1, 0.15) is 30.1 Å². The summed E-state index contributed by atoms with van der Waals surface area (Å²) in [5, 5.41) is 4.17. The van der Waals surface area contributed by atoms with E-state index in [2.05, 4.69) is 15.1 Å². The van der Waals surface area contributed by atoms with Crippen molar-refractivity contribution in [1.29, 1.82) is 0 Å². The number of aryl methyl sites for hydroxylation is 1. The van der Waals surface area contributed by atoms with Crippen LogP contribution in [-0.4, -0.2) is 19.7 Å². The van der Waals surface area contributed by atoms with Crippen LogP contribution in [0.3, 0.4) is 0 Å². The van der Waals surface area contributed by atoms with E-state index in [1.54, 1.807) is 6.20 Å². The van der Waals surface area contributed by atoms with Gasteiger partial charge < -0.3 is 5.73 Å². The molecule has 2 N–H and O–H groups in total. The van der Waals surface area contributed by atoms with Crippen LogP contribution in [0.5, 0.6) is 0 Å². The quantitative estimate of drug-likeness (QED) is 0.850. The molecule has 0 unspecified atom stereocenters. The number of nitrogens with two attached hydrogens (primary N) is 1. The molecule has 17 heavy (non-hydrogen) atoms. The van der Waals surface area contributed by atoms with Crippen LogP contribution in [-0.2, 0) is 7.05 Å². The molecule has 5 heteroatoms. The van der Waals surface area contributed by atoms with Crippen molar-refractivity contribution in [2.24, 2.45) is 7.05 Å². The van der Waals surface area contributed by atoms with E-state index in [0.29, 0.717) is 11.7 Å². The molecule has 0 radical (unpaired) electrons. The first-order chi connectivity index (χ1) is 8.16. The Balaban J connectivity index is 2.17. The highest BCUT2D eigenvalue weighted by Gasteiger charge is 2.28. The standard InChI is InChI=1S/C12H15N5/c1-7-10(9-5-6-14-17(9)2)15-12(8-3-4-8)16-11(7)13/h5-6,8H,3-4H2,1-2H3,(H2,13,15,16). The zero-order chi connectivity index (χ0) is 12.0. The lowest BCUT2D eigenvalue weighted by molar-refractivity contribution is 0.770. The average Bonchev–Trinajstić information content (AvgIpc) is 3.06. The lowest BCUT2D eigenvalue weighted by Crippen LogP contribution is -2.06. The molecule has 0 bridgehead atoms. The van der Waals surface area contributed by atoms with Gasteiger partial charge in [0.15, 0.2) is 0 Å². The van der Waals surface area contributed by atoms with Gasteiger partial charge in [-0.2, -0.15) is 5.10 Å². The zero-order valence-corrected chi connectivity index (χ0v) is 10.0. The van der Waals surface area contributed by atoms with Gasteiger partial charge in [0.1, 0.15) is 11.6 Å². The Hall–Kier alpha value is -1.91. The van der Waals surface area contributed by atoms with E-state index in [4.69, 9.17) is 5.73 Å². The van der Waals surface area contributed by atoms with Crippen molar-refractivity contribution >= 4 is 5.82 Å². The fraction of sp³-hybridized carbons (Fsp3) is 0.417. The minimum absolute atomic E-state index is 0.505. The Kier molecular flexibility index (Phi) is 2.14. The highest BCUT2D eigenvalue weighted by molar-refractivity contribution is 5.64. The molecule has 1 fully saturated rings. The number of nitrogens with zero attached hydrogens (tertiary/aromatic N) is 4. The van der Waals surface area contributed by atoms with E-state index in [1.807, 2.05) is 24.7 Å². The first-order valence-corrected chi connectivity index (χ1v) is 5.79. The maximum Gasteiger partial charge on any atom is 0.134 e. The molecule has 0 atom stereocenters. The van der Waals surface area contributed by atoms with Gasteiger partial charge in [-0.3, -0.25) is 4.68 Å². The smallest absolute Gasteiger partial charge is 0.134 e. The minimum atomic E-state index is 0.505. The molecule has 1 saturated carbocycles. The first kappa shape index (κ1) is 10.3. The number of anilines is 1. The average molecular weight is 229 g/mol. The molecule has 2 aromatic rings. The largest absolute Gasteiger partial charge is 0.383 e. The molecule has 0 aliphatic heterocycles. The Bertz CT molecular complexity index is 568. The Labute approximate surface area is 99.7 Å². The predicted octanol–water partition coefficient (Wildman–Crippen LogP) is 1.65. The first-order valence-electron chi connectivity index (χ1n) is 5.79. The second-order valence-corrected chi connectivity index (χ2v) is 4.55. The monoisotopic (exact) mass is 229 g/mol. The molecular weight excluding hydrogens is 214 g/mol. The van der Waals surface area contributed by atoms with E-state index in [0.717, 1.165) is 22.8 Å². The summed E-state index contributed by atoms with van der Waals surface area (Å²) in [6.45, 7) is 1.95. The molecule has 0 aromatic carbocycles. The number of hydrogen-bond acceptors (Lipinski definition) is 4. The van der Waals surface area contributed by atoms with Crippen LogP contribution < -0.4 is 5.73 Å². The summed E-state index contributed by atoms with van der Waals surface area (Å²) in [6.07, 6.45) is 4.12. The highest BCUT2D eigenvalue weighted by Crippen LogP contribution is 2.39. The maximum atomic E-state index is 5.96. The van der Waals surface area contributed by atoms with Crippen LogP contribution >= 0.6 is 0 Å². The summed E-state index contributed by atoms with van der Waals surface area (Å²) < 4.78 is 1.81. The molecule has 1 aliphatic carbocycles. The van der Waals surface area contributed by atoms with E-state index in [-0.39, 0.29) is 0 Å². The van der Waals surface area contributed by atoms with Gasteiger partial charge in [-0.25, -0.2) is 9.97 Å². The van der Waals surface area contributed by atoms with Crippen molar-refractivity contribution in [2.45, 2.75) is 25.7 Å². The predicted molar refractivity (Wildman–Crippen MR) is 65.4 cm³/mol. The van der Waals surface area contributed by atoms with Crippen LogP contribution in [0.2, 0.25) is 0 Å². The molecule has 0 spiro atoms. The molecule has 5 nitrogen and oxygen atoms in total. The third-order valence-corrected chi connectivity index (χ3v) is 3.21. The van der Waals surface area contributed by atoms with Gasteiger partial charge in [-0.05, 0) is 25.8 Å². The van der Waals surface area contributed by atoms with E-state index in [9.17, 15) is 0 Å². The van der Waals surface area contributed by atoms with E-state index < -0.39 is 0 Å². The van der Waals surface area contributed by atoms with Gasteiger partial charge >= 0.3 is 0 Å². The SMILES string of the molecule is Cc1c(N)nc(C2CC2)nc1-c1ccnn1C. The van der Waals surface area contributed by atoms with Crippen LogP contribution in [0.4, 0.5) is 5.82 Å². The topological polar surface area (TPSA) is 69.6 Å². The summed E-state index contributed by atoms with van der Waals surface area (Å²) in [5.41, 5.74) is 8.78. The summed E-state index contributed by atoms with van der Waals surface area (Å²) in [5.74, 6) is 1.97. The summed E-state index contributed by atoms with van der Waals surface area (Å²) in [4.78, 5) is 9.02. The third kappa shape index (κ3) is 1.67. The van der Waals surface area contributed by atoms with Gasteiger partial charge in [0.2, 0.25) is 0 Å². The van der Waals surface area contributed by atoms with E-state index >= 15 is 0 Å². The summed E-state index contributed by atoms with van der Waals surface area (Å²) in [6, 6.07) is 1.95. The fourth-order valence-electron chi connectivity index (χ4n) is 1.93. The molecule has 1 aliphatic rings. The van der Waals surface area contributed by atoms with Crippen LogP contribution in [0.15, 0.2) is 12.3 Å². The molecule has 2 aromatic heterocycles. The van der Waals surface area contributed by atoms with Crippen molar-refractivity contribution in [3.8, 4) is 11.4 Å². The van der Waals surface area contributed by atoms with Crippen molar-refractivity contribution in [3.63, 3.8) is 0 Å². The van der Waals surface area contributed by atoms with Gasteiger partial charge in [-0.1, -0.05) is 0 Å². The Morgan fingerprint density at radius 3 is 2.71 bits per heavy atom. The number of aromatic nitrogens is 4. The molecular formula is C12H15N5. The second kappa shape index (κ2) is 3.55. The highest BCUT2D eigenvalue weighted by atomic mass is 15.3. The van der Waals surface area contributed by atoms with Crippen LogP contribution in [0.25, 0.3) is 11.4 Å². The summed E-state index contributed by atoms with van der Waals surface area (Å²) >= 11 is 0. The molecule has 2 heterocycles. The Morgan fingerprint density at radius 2 is 2.12 bits per heavy atom. The van der Waals surface area contributed by atoms with Crippen molar-refractivity contribution in [2.75, 3.05) is 5.73 Å². The zero-order valence-electron chi connectivity index (χ0n) is 10.0.